The predicted octanol–water partition coefficient (Wildman–Crippen LogP) is 4.00. The van der Waals surface area contributed by atoms with Crippen molar-refractivity contribution in [2.75, 3.05) is 0 Å². The first-order chi connectivity index (χ1) is 9.06. The van der Waals surface area contributed by atoms with E-state index in [2.05, 4.69) is 0 Å². The SMILES string of the molecule is O=C(O)c1ccc(C(=O)/C=C/c2ccc(Cl)cc2)s1. The third-order valence-electron chi connectivity index (χ3n) is 2.36. The van der Waals surface area contributed by atoms with Gasteiger partial charge < -0.3 is 5.11 Å². The van der Waals surface area contributed by atoms with Gasteiger partial charge in [0, 0.05) is 5.02 Å². The molecule has 0 amide bonds. The number of halogens is 1. The van der Waals surface area contributed by atoms with E-state index in [0.29, 0.717) is 9.90 Å². The number of carbonyl (C=O) groups excluding carboxylic acids is 1. The minimum atomic E-state index is -1.02. The molecule has 0 aliphatic rings. The molecule has 0 saturated carbocycles. The first-order valence-corrected chi connectivity index (χ1v) is 6.57. The number of carboxylic acid groups (broad SMARTS) is 1. The maximum Gasteiger partial charge on any atom is 0.345 e. The summed E-state index contributed by atoms with van der Waals surface area (Å²) < 4.78 is 0. The number of carbonyl (C=O) groups is 2. The highest BCUT2D eigenvalue weighted by molar-refractivity contribution is 7.16. The van der Waals surface area contributed by atoms with Gasteiger partial charge in [0.25, 0.3) is 0 Å². The van der Waals surface area contributed by atoms with Crippen LogP contribution in [0, 0.1) is 0 Å². The minimum absolute atomic E-state index is 0.156. The van der Waals surface area contributed by atoms with E-state index in [0.717, 1.165) is 16.9 Å². The third kappa shape index (κ3) is 3.53. The molecule has 1 aromatic heterocycles. The van der Waals surface area contributed by atoms with Crippen LogP contribution in [-0.4, -0.2) is 16.9 Å². The summed E-state index contributed by atoms with van der Waals surface area (Å²) >= 11 is 6.72. The molecular formula is C14H9ClO3S. The topological polar surface area (TPSA) is 54.4 Å². The van der Waals surface area contributed by atoms with Crippen LogP contribution in [0.3, 0.4) is 0 Å². The Morgan fingerprint density at radius 2 is 1.68 bits per heavy atom. The van der Waals surface area contributed by atoms with Crippen molar-refractivity contribution in [3.8, 4) is 0 Å². The molecule has 3 nitrogen and oxygen atoms in total. The number of hydrogen-bond acceptors (Lipinski definition) is 3. The molecule has 19 heavy (non-hydrogen) atoms. The average molecular weight is 293 g/mol. The van der Waals surface area contributed by atoms with Gasteiger partial charge in [0.05, 0.1) is 4.88 Å². The zero-order valence-corrected chi connectivity index (χ0v) is 11.2. The predicted molar refractivity (Wildman–Crippen MR) is 76.1 cm³/mol. The zero-order chi connectivity index (χ0) is 13.8. The summed E-state index contributed by atoms with van der Waals surface area (Å²) in [6.45, 7) is 0. The Kier molecular flexibility index (Phi) is 4.14. The van der Waals surface area contributed by atoms with E-state index >= 15 is 0 Å². The van der Waals surface area contributed by atoms with Gasteiger partial charge in [-0.15, -0.1) is 11.3 Å². The molecule has 2 rings (SSSR count). The highest BCUT2D eigenvalue weighted by Crippen LogP contribution is 2.18. The first-order valence-electron chi connectivity index (χ1n) is 5.37. The van der Waals surface area contributed by atoms with E-state index in [4.69, 9.17) is 16.7 Å². The number of ketones is 1. The van der Waals surface area contributed by atoms with Gasteiger partial charge in [0.2, 0.25) is 0 Å². The molecule has 5 heteroatoms. The minimum Gasteiger partial charge on any atom is -0.477 e. The Morgan fingerprint density at radius 1 is 1.05 bits per heavy atom. The van der Waals surface area contributed by atoms with Crippen LogP contribution < -0.4 is 0 Å². The van der Waals surface area contributed by atoms with E-state index in [1.165, 1.54) is 18.2 Å². The van der Waals surface area contributed by atoms with Gasteiger partial charge in [0.1, 0.15) is 4.88 Å². The first kappa shape index (κ1) is 13.5. The lowest BCUT2D eigenvalue weighted by Crippen LogP contribution is -1.91. The highest BCUT2D eigenvalue weighted by atomic mass is 35.5. The van der Waals surface area contributed by atoms with Crippen molar-refractivity contribution in [1.29, 1.82) is 0 Å². The van der Waals surface area contributed by atoms with E-state index in [1.54, 1.807) is 30.3 Å². The Morgan fingerprint density at radius 3 is 2.26 bits per heavy atom. The Balaban J connectivity index is 2.11. The van der Waals surface area contributed by atoms with Gasteiger partial charge >= 0.3 is 5.97 Å². The molecule has 0 saturated heterocycles. The lowest BCUT2D eigenvalue weighted by Gasteiger charge is -1.93. The fourth-order valence-electron chi connectivity index (χ4n) is 1.41. The molecule has 1 heterocycles. The van der Waals surface area contributed by atoms with Crippen LogP contribution in [-0.2, 0) is 0 Å². The monoisotopic (exact) mass is 292 g/mol. The third-order valence-corrected chi connectivity index (χ3v) is 3.70. The molecule has 0 bridgehead atoms. The normalized spacial score (nSPS) is 10.8. The summed E-state index contributed by atoms with van der Waals surface area (Å²) in [6, 6.07) is 10.0. The van der Waals surface area contributed by atoms with Crippen LogP contribution in [0.15, 0.2) is 42.5 Å². The van der Waals surface area contributed by atoms with Crippen molar-refractivity contribution in [3.05, 3.63) is 62.8 Å². The van der Waals surface area contributed by atoms with Crippen molar-refractivity contribution in [2.24, 2.45) is 0 Å². The average Bonchev–Trinajstić information content (AvgIpc) is 2.87. The van der Waals surface area contributed by atoms with Crippen LogP contribution >= 0.6 is 22.9 Å². The molecule has 0 atom stereocenters. The molecular weight excluding hydrogens is 284 g/mol. The smallest absolute Gasteiger partial charge is 0.345 e. The van der Waals surface area contributed by atoms with Crippen LogP contribution in [0.5, 0.6) is 0 Å². The summed E-state index contributed by atoms with van der Waals surface area (Å²) in [6.07, 6.45) is 3.08. The molecule has 0 aliphatic carbocycles. The summed E-state index contributed by atoms with van der Waals surface area (Å²) in [5, 5.41) is 9.41. The van der Waals surface area contributed by atoms with Gasteiger partial charge in [-0.05, 0) is 35.9 Å². The number of rotatable bonds is 4. The second-order valence-electron chi connectivity index (χ2n) is 3.72. The van der Waals surface area contributed by atoms with E-state index < -0.39 is 5.97 Å². The number of thiophene rings is 1. The molecule has 0 radical (unpaired) electrons. The maximum atomic E-state index is 11.8. The number of carboxylic acids is 1. The molecule has 0 aliphatic heterocycles. The second kappa shape index (κ2) is 5.82. The van der Waals surface area contributed by atoms with Crippen LogP contribution in [0.1, 0.15) is 24.9 Å². The molecule has 1 aromatic carbocycles. The van der Waals surface area contributed by atoms with Gasteiger partial charge in [0.15, 0.2) is 5.78 Å². The van der Waals surface area contributed by atoms with Crippen molar-refractivity contribution in [3.63, 3.8) is 0 Å². The summed E-state index contributed by atoms with van der Waals surface area (Å²) in [5.41, 5.74) is 0.854. The van der Waals surface area contributed by atoms with Crippen molar-refractivity contribution < 1.29 is 14.7 Å². The maximum absolute atomic E-state index is 11.8. The fourth-order valence-corrected chi connectivity index (χ4v) is 2.30. The van der Waals surface area contributed by atoms with Crippen molar-refractivity contribution in [2.45, 2.75) is 0 Å². The lowest BCUT2D eigenvalue weighted by molar-refractivity contribution is 0.0702. The van der Waals surface area contributed by atoms with E-state index in [-0.39, 0.29) is 10.7 Å². The standard InChI is InChI=1S/C14H9ClO3S/c15-10-4-1-9(2-5-10)3-6-11(16)12-7-8-13(19-12)14(17)18/h1-8H,(H,17,18)/b6-3+. The number of allylic oxidation sites excluding steroid dienone is 1. The van der Waals surface area contributed by atoms with Crippen molar-refractivity contribution >= 4 is 40.8 Å². The molecule has 0 spiro atoms. The van der Waals surface area contributed by atoms with Gasteiger partial charge in [-0.25, -0.2) is 4.79 Å². The summed E-state index contributed by atoms with van der Waals surface area (Å²) in [7, 11) is 0. The summed E-state index contributed by atoms with van der Waals surface area (Å²) in [4.78, 5) is 23.1. The van der Waals surface area contributed by atoms with E-state index in [1.807, 2.05) is 0 Å². The highest BCUT2D eigenvalue weighted by Gasteiger charge is 2.10. The van der Waals surface area contributed by atoms with Crippen LogP contribution in [0.2, 0.25) is 5.02 Å². The van der Waals surface area contributed by atoms with Gasteiger partial charge in [-0.2, -0.15) is 0 Å². The van der Waals surface area contributed by atoms with Gasteiger partial charge in [-0.3, -0.25) is 4.79 Å². The lowest BCUT2D eigenvalue weighted by atomic mass is 10.2. The van der Waals surface area contributed by atoms with Crippen molar-refractivity contribution in [1.82, 2.24) is 0 Å². The largest absolute Gasteiger partial charge is 0.477 e. The molecule has 2 aromatic rings. The zero-order valence-electron chi connectivity index (χ0n) is 9.67. The van der Waals surface area contributed by atoms with Crippen LogP contribution in [0.25, 0.3) is 6.08 Å². The van der Waals surface area contributed by atoms with Crippen LogP contribution in [0.4, 0.5) is 0 Å². The van der Waals surface area contributed by atoms with E-state index in [9.17, 15) is 9.59 Å². The molecule has 0 unspecified atom stereocenters. The second-order valence-corrected chi connectivity index (χ2v) is 5.24. The number of hydrogen-bond donors (Lipinski definition) is 1. The van der Waals surface area contributed by atoms with Gasteiger partial charge in [-0.1, -0.05) is 29.8 Å². The fraction of sp³-hybridized carbons (Fsp3) is 0. The molecule has 96 valence electrons. The number of aromatic carboxylic acids is 1. The molecule has 0 fully saturated rings. The Labute approximate surface area is 118 Å². The summed E-state index contributed by atoms with van der Waals surface area (Å²) in [5.74, 6) is -1.24. The Bertz CT molecular complexity index is 641. The molecule has 1 N–H and O–H groups in total. The Hall–Kier alpha value is -1.91. The number of benzene rings is 1. The quantitative estimate of drug-likeness (QED) is 0.684.